The van der Waals surface area contributed by atoms with Gasteiger partial charge in [-0.2, -0.15) is 0 Å². The molecular weight excluding hydrogens is 278 g/mol. The average molecular weight is 297 g/mol. The molecule has 0 aliphatic carbocycles. The van der Waals surface area contributed by atoms with E-state index in [1.165, 1.54) is 10.4 Å². The molecule has 0 radical (unpaired) electrons. The highest BCUT2D eigenvalue weighted by Crippen LogP contribution is 2.27. The minimum absolute atomic E-state index is 0.111. The zero-order chi connectivity index (χ0) is 14.7. The van der Waals surface area contributed by atoms with Crippen LogP contribution in [0.5, 0.6) is 0 Å². The molecule has 0 amide bonds. The van der Waals surface area contributed by atoms with Crippen molar-refractivity contribution in [2.24, 2.45) is 7.05 Å². The third-order valence-electron chi connectivity index (χ3n) is 3.66. The van der Waals surface area contributed by atoms with Crippen LogP contribution in [0.3, 0.4) is 0 Å². The Labute approximate surface area is 129 Å². The molecule has 2 heterocycles. The van der Waals surface area contributed by atoms with Gasteiger partial charge in [0.25, 0.3) is 0 Å². The van der Waals surface area contributed by atoms with Crippen LogP contribution in [0.1, 0.15) is 35.3 Å². The predicted molar refractivity (Wildman–Crippen MR) is 87.4 cm³/mol. The summed E-state index contributed by atoms with van der Waals surface area (Å²) in [5.41, 5.74) is 1.29. The Morgan fingerprint density at radius 3 is 2.57 bits per heavy atom. The molecule has 108 valence electrons. The fraction of sp³-hybridized carbons (Fsp3) is 0.235. The van der Waals surface area contributed by atoms with E-state index in [1.54, 1.807) is 11.3 Å². The average Bonchev–Trinajstić information content (AvgIpc) is 3.17. The number of rotatable bonds is 5. The van der Waals surface area contributed by atoms with E-state index >= 15 is 0 Å². The summed E-state index contributed by atoms with van der Waals surface area (Å²) in [6.45, 7) is 2.19. The molecule has 0 aliphatic rings. The van der Waals surface area contributed by atoms with Crippen LogP contribution >= 0.6 is 11.3 Å². The summed E-state index contributed by atoms with van der Waals surface area (Å²) in [6.07, 6.45) is 3.84. The summed E-state index contributed by atoms with van der Waals surface area (Å²) in [7, 11) is 2.04. The maximum atomic E-state index is 4.53. The van der Waals surface area contributed by atoms with Crippen molar-refractivity contribution in [3.05, 3.63) is 76.5 Å². The number of nitrogens with zero attached hydrogens (tertiary/aromatic N) is 2. The van der Waals surface area contributed by atoms with Gasteiger partial charge in [-0.3, -0.25) is 5.32 Å². The van der Waals surface area contributed by atoms with Crippen LogP contribution in [-0.4, -0.2) is 9.55 Å². The number of thiophene rings is 1. The van der Waals surface area contributed by atoms with Gasteiger partial charge >= 0.3 is 0 Å². The number of hydrogen-bond acceptors (Lipinski definition) is 3. The van der Waals surface area contributed by atoms with Crippen LogP contribution in [0.15, 0.2) is 60.2 Å². The number of imidazole rings is 1. The molecule has 0 bridgehead atoms. The number of nitrogens with one attached hydrogen (secondary N) is 1. The second kappa shape index (κ2) is 6.24. The van der Waals surface area contributed by atoms with Crippen LogP contribution in [-0.2, 0) is 7.05 Å². The lowest BCUT2D eigenvalue weighted by atomic mass is 10.1. The monoisotopic (exact) mass is 297 g/mol. The zero-order valence-electron chi connectivity index (χ0n) is 12.2. The number of aryl methyl sites for hydroxylation is 1. The molecule has 0 saturated heterocycles. The first kappa shape index (κ1) is 14.0. The van der Waals surface area contributed by atoms with Crippen molar-refractivity contribution in [2.45, 2.75) is 19.0 Å². The lowest BCUT2D eigenvalue weighted by Gasteiger charge is -2.22. The van der Waals surface area contributed by atoms with Crippen LogP contribution in [0.25, 0.3) is 0 Å². The lowest BCUT2D eigenvalue weighted by Crippen LogP contribution is -2.27. The molecule has 3 rings (SSSR count). The van der Waals surface area contributed by atoms with E-state index in [-0.39, 0.29) is 12.1 Å². The van der Waals surface area contributed by atoms with E-state index in [9.17, 15) is 0 Å². The molecule has 1 unspecified atom stereocenters. The highest BCUT2D eigenvalue weighted by Gasteiger charge is 2.21. The smallest absolute Gasteiger partial charge is 0.131 e. The van der Waals surface area contributed by atoms with E-state index < -0.39 is 0 Å². The molecule has 3 nitrogen and oxygen atoms in total. The van der Waals surface area contributed by atoms with E-state index in [2.05, 4.69) is 63.6 Å². The normalized spacial score (nSPS) is 14.0. The fourth-order valence-electron chi connectivity index (χ4n) is 2.48. The molecule has 21 heavy (non-hydrogen) atoms. The molecule has 3 aromatic rings. The van der Waals surface area contributed by atoms with Crippen LogP contribution in [0.4, 0.5) is 0 Å². The highest BCUT2D eigenvalue weighted by molar-refractivity contribution is 7.10. The Morgan fingerprint density at radius 1 is 1.14 bits per heavy atom. The summed E-state index contributed by atoms with van der Waals surface area (Å²) >= 11 is 1.76. The first-order valence-electron chi connectivity index (χ1n) is 7.07. The van der Waals surface area contributed by atoms with Crippen molar-refractivity contribution in [1.82, 2.24) is 14.9 Å². The van der Waals surface area contributed by atoms with Crippen LogP contribution in [0.2, 0.25) is 0 Å². The minimum atomic E-state index is 0.111. The van der Waals surface area contributed by atoms with E-state index in [4.69, 9.17) is 0 Å². The van der Waals surface area contributed by atoms with Gasteiger partial charge in [0, 0.05) is 30.4 Å². The summed E-state index contributed by atoms with van der Waals surface area (Å²) in [5.74, 6) is 1.04. The second-order valence-electron chi connectivity index (χ2n) is 5.14. The van der Waals surface area contributed by atoms with Crippen molar-refractivity contribution in [3.63, 3.8) is 0 Å². The van der Waals surface area contributed by atoms with Crippen molar-refractivity contribution < 1.29 is 0 Å². The first-order valence-corrected chi connectivity index (χ1v) is 7.95. The number of aromatic nitrogens is 2. The molecule has 0 aliphatic heterocycles. The van der Waals surface area contributed by atoms with Gasteiger partial charge in [-0.05, 0) is 23.9 Å². The highest BCUT2D eigenvalue weighted by atomic mass is 32.1. The van der Waals surface area contributed by atoms with Crippen molar-refractivity contribution in [1.29, 1.82) is 0 Å². The van der Waals surface area contributed by atoms with Crippen molar-refractivity contribution in [3.8, 4) is 0 Å². The molecule has 1 N–H and O–H groups in total. The third kappa shape index (κ3) is 3.06. The Kier molecular flexibility index (Phi) is 4.18. The molecule has 4 heteroatoms. The van der Waals surface area contributed by atoms with Gasteiger partial charge in [-0.25, -0.2) is 4.98 Å². The quantitative estimate of drug-likeness (QED) is 0.773. The molecule has 0 spiro atoms. The van der Waals surface area contributed by atoms with Gasteiger partial charge in [0.2, 0.25) is 0 Å². The first-order chi connectivity index (χ1) is 10.3. The SMILES string of the molecule is C[C@H](NC(c1cccs1)c1nccn1C)c1ccccc1. The predicted octanol–water partition coefficient (Wildman–Crippen LogP) is 3.92. The topological polar surface area (TPSA) is 29.9 Å². The van der Waals surface area contributed by atoms with Gasteiger partial charge in [0.05, 0.1) is 0 Å². The molecular formula is C17H19N3S. The van der Waals surface area contributed by atoms with E-state index in [0.29, 0.717) is 0 Å². The standard InChI is InChI=1S/C17H19N3S/c1-13(14-7-4-3-5-8-14)19-16(15-9-6-12-21-15)17-18-10-11-20(17)2/h3-13,16,19H,1-2H3/t13-,16?/m0/s1. The zero-order valence-corrected chi connectivity index (χ0v) is 13.0. The van der Waals surface area contributed by atoms with Crippen LogP contribution < -0.4 is 5.32 Å². The third-order valence-corrected chi connectivity index (χ3v) is 4.60. The maximum absolute atomic E-state index is 4.53. The van der Waals surface area contributed by atoms with E-state index in [1.807, 2.05) is 25.5 Å². The van der Waals surface area contributed by atoms with E-state index in [0.717, 1.165) is 5.82 Å². The summed E-state index contributed by atoms with van der Waals surface area (Å²) in [4.78, 5) is 5.81. The molecule has 1 aromatic carbocycles. The molecule has 2 atom stereocenters. The minimum Gasteiger partial charge on any atom is -0.336 e. The van der Waals surface area contributed by atoms with Gasteiger partial charge in [-0.1, -0.05) is 36.4 Å². The molecule has 0 fully saturated rings. The van der Waals surface area contributed by atoms with Gasteiger partial charge < -0.3 is 4.57 Å². The van der Waals surface area contributed by atoms with Gasteiger partial charge in [0.15, 0.2) is 0 Å². The lowest BCUT2D eigenvalue weighted by molar-refractivity contribution is 0.494. The second-order valence-corrected chi connectivity index (χ2v) is 6.12. The summed E-state index contributed by atoms with van der Waals surface area (Å²) in [6, 6.07) is 15.1. The molecule has 0 saturated carbocycles. The Hall–Kier alpha value is -1.91. The summed E-state index contributed by atoms with van der Waals surface area (Å²) < 4.78 is 2.08. The largest absolute Gasteiger partial charge is 0.336 e. The summed E-state index contributed by atoms with van der Waals surface area (Å²) in [5, 5.41) is 5.82. The van der Waals surface area contributed by atoms with Gasteiger partial charge in [0.1, 0.15) is 11.9 Å². The molecule has 2 aromatic heterocycles. The fourth-order valence-corrected chi connectivity index (χ4v) is 3.26. The van der Waals surface area contributed by atoms with Crippen LogP contribution in [0, 0.1) is 0 Å². The van der Waals surface area contributed by atoms with Gasteiger partial charge in [-0.15, -0.1) is 11.3 Å². The van der Waals surface area contributed by atoms with Crippen molar-refractivity contribution in [2.75, 3.05) is 0 Å². The number of hydrogen-bond donors (Lipinski definition) is 1. The maximum Gasteiger partial charge on any atom is 0.131 e. The Bertz CT molecular complexity index is 673. The van der Waals surface area contributed by atoms with Crippen molar-refractivity contribution >= 4 is 11.3 Å². The Balaban J connectivity index is 1.89. The number of benzene rings is 1. The Morgan fingerprint density at radius 2 is 1.95 bits per heavy atom.